The molecule has 1 heterocycles. The number of hydrogen-bond acceptors (Lipinski definition) is 6. The van der Waals surface area contributed by atoms with E-state index in [1.54, 1.807) is 17.7 Å². The number of pyridine rings is 1. The van der Waals surface area contributed by atoms with Crippen LogP contribution in [0.5, 0.6) is 0 Å². The van der Waals surface area contributed by atoms with E-state index in [9.17, 15) is 13.2 Å². The number of nitrogens with zero attached hydrogens (tertiary/aromatic N) is 1. The molecule has 0 aliphatic rings. The lowest BCUT2D eigenvalue weighted by atomic mass is 10.2. The van der Waals surface area contributed by atoms with E-state index in [1.165, 1.54) is 12.3 Å². The van der Waals surface area contributed by atoms with Crippen LogP contribution in [0.1, 0.15) is 12.5 Å². The van der Waals surface area contributed by atoms with Gasteiger partial charge in [-0.3, -0.25) is 4.72 Å². The summed E-state index contributed by atoms with van der Waals surface area (Å²) in [7, 11) is -4.10. The Bertz CT molecular complexity index is 633. The lowest BCUT2D eigenvalue weighted by molar-refractivity contribution is 0.159. The number of nitrogens with two attached hydrogens (primary N) is 1. The van der Waals surface area contributed by atoms with Crippen LogP contribution in [0.15, 0.2) is 18.3 Å². The van der Waals surface area contributed by atoms with Crippen LogP contribution in [-0.4, -0.2) is 32.6 Å². The molecule has 0 spiro atoms. The van der Waals surface area contributed by atoms with Crippen LogP contribution >= 0.6 is 0 Å². The second-order valence-corrected chi connectivity index (χ2v) is 4.78. The summed E-state index contributed by atoms with van der Waals surface area (Å²) in [6.07, 6.45) is 0.307. The summed E-state index contributed by atoms with van der Waals surface area (Å²) in [5, 5.41) is 0. The first-order valence-corrected chi connectivity index (χ1v) is 7.07. The fraction of sp³-hybridized carbons (Fsp3) is 0.273. The molecule has 8 nitrogen and oxygen atoms in total. The average molecular weight is 298 g/mol. The monoisotopic (exact) mass is 298 g/mol. The molecule has 0 saturated heterocycles. The van der Waals surface area contributed by atoms with Crippen molar-refractivity contribution in [3.8, 4) is 11.8 Å². The molecule has 108 valence electrons. The van der Waals surface area contributed by atoms with E-state index >= 15 is 0 Å². The van der Waals surface area contributed by atoms with Crippen molar-refractivity contribution in [3.63, 3.8) is 0 Å². The fourth-order valence-electron chi connectivity index (χ4n) is 1.15. The van der Waals surface area contributed by atoms with Gasteiger partial charge in [0.1, 0.15) is 5.82 Å². The second-order valence-electron chi connectivity index (χ2n) is 3.36. The maximum Gasteiger partial charge on any atom is 0.422 e. The second kappa shape index (κ2) is 7.32. The van der Waals surface area contributed by atoms with E-state index in [0.29, 0.717) is 5.56 Å². The van der Waals surface area contributed by atoms with Gasteiger partial charge in [-0.1, -0.05) is 11.8 Å². The molecule has 20 heavy (non-hydrogen) atoms. The molecule has 0 atom stereocenters. The van der Waals surface area contributed by atoms with Gasteiger partial charge in [-0.05, 0) is 19.1 Å². The minimum atomic E-state index is -4.10. The van der Waals surface area contributed by atoms with Crippen molar-refractivity contribution in [3.05, 3.63) is 23.9 Å². The van der Waals surface area contributed by atoms with Gasteiger partial charge in [0.05, 0.1) is 13.2 Å². The first kappa shape index (κ1) is 15.7. The van der Waals surface area contributed by atoms with Crippen LogP contribution in [-0.2, 0) is 14.9 Å². The Morgan fingerprint density at radius 1 is 1.55 bits per heavy atom. The molecule has 0 fully saturated rings. The quantitative estimate of drug-likeness (QED) is 0.661. The number of carbonyl (C=O) groups excluding carboxylic acids is 1. The van der Waals surface area contributed by atoms with Crippen LogP contribution in [0.25, 0.3) is 0 Å². The van der Waals surface area contributed by atoms with Crippen molar-refractivity contribution in [2.75, 3.05) is 17.9 Å². The van der Waals surface area contributed by atoms with Crippen LogP contribution in [0.2, 0.25) is 0 Å². The Morgan fingerprint density at radius 3 is 2.95 bits per heavy atom. The smallest absolute Gasteiger partial charge is 0.422 e. The molecule has 0 aromatic carbocycles. The minimum absolute atomic E-state index is 0.0191. The molecule has 1 rings (SSSR count). The van der Waals surface area contributed by atoms with Gasteiger partial charge in [-0.15, -0.1) is 0 Å². The van der Waals surface area contributed by atoms with E-state index in [1.807, 2.05) is 0 Å². The van der Waals surface area contributed by atoms with Gasteiger partial charge in [0.15, 0.2) is 0 Å². The molecule has 9 heteroatoms. The van der Waals surface area contributed by atoms with E-state index in [0.717, 1.165) is 0 Å². The number of hydrogen-bond donors (Lipinski definition) is 3. The third-order valence-electron chi connectivity index (χ3n) is 1.83. The van der Waals surface area contributed by atoms with Crippen molar-refractivity contribution in [2.24, 2.45) is 5.73 Å². The standard InChI is InChI=1S/C11H14N4O4S/c1-2-19-11(16)15-20(17,18)14-10-8-9(4-3-6-12)5-7-13-10/h5,7-8H,2,6,12H2,1H3,(H,13,14)(H,15,16). The molecule has 0 bridgehead atoms. The molecule has 0 saturated carbocycles. The average Bonchev–Trinajstić information content (AvgIpc) is 2.35. The number of anilines is 1. The van der Waals surface area contributed by atoms with Crippen molar-refractivity contribution in [2.45, 2.75) is 6.92 Å². The highest BCUT2D eigenvalue weighted by molar-refractivity contribution is 7.91. The predicted octanol–water partition coefficient (Wildman–Crippen LogP) is -0.205. The van der Waals surface area contributed by atoms with Crippen molar-refractivity contribution < 1.29 is 17.9 Å². The number of carbonyl (C=O) groups is 1. The molecular formula is C11H14N4O4S. The third-order valence-corrected chi connectivity index (χ3v) is 2.74. The molecule has 0 unspecified atom stereocenters. The normalized spacial score (nSPS) is 10.1. The number of rotatable bonds is 4. The van der Waals surface area contributed by atoms with E-state index in [4.69, 9.17) is 5.73 Å². The highest BCUT2D eigenvalue weighted by atomic mass is 32.2. The molecule has 4 N–H and O–H groups in total. The van der Waals surface area contributed by atoms with Crippen LogP contribution in [0, 0.1) is 11.8 Å². The minimum Gasteiger partial charge on any atom is -0.449 e. The summed E-state index contributed by atoms with van der Waals surface area (Å²) in [5.41, 5.74) is 5.78. The molecular weight excluding hydrogens is 284 g/mol. The zero-order chi connectivity index (χ0) is 15.0. The lowest BCUT2D eigenvalue weighted by Crippen LogP contribution is -2.35. The fourth-order valence-corrected chi connectivity index (χ4v) is 1.87. The van der Waals surface area contributed by atoms with Gasteiger partial charge in [-0.2, -0.15) is 8.42 Å². The summed E-state index contributed by atoms with van der Waals surface area (Å²) < 4.78 is 31.4. The molecule has 0 radical (unpaired) electrons. The van der Waals surface area contributed by atoms with Crippen LogP contribution in [0.3, 0.4) is 0 Å². The Labute approximate surface area is 116 Å². The van der Waals surface area contributed by atoms with Gasteiger partial charge < -0.3 is 10.5 Å². The summed E-state index contributed by atoms with van der Waals surface area (Å²) >= 11 is 0. The molecule has 1 aromatic heterocycles. The van der Waals surface area contributed by atoms with E-state index in [-0.39, 0.29) is 19.0 Å². The Morgan fingerprint density at radius 2 is 2.30 bits per heavy atom. The van der Waals surface area contributed by atoms with Crippen molar-refractivity contribution in [1.29, 1.82) is 0 Å². The molecule has 0 aliphatic heterocycles. The Balaban J connectivity index is 2.79. The summed E-state index contributed by atoms with van der Waals surface area (Å²) in [6.45, 7) is 1.80. The predicted molar refractivity (Wildman–Crippen MR) is 72.9 cm³/mol. The van der Waals surface area contributed by atoms with Crippen molar-refractivity contribution >= 4 is 22.1 Å². The summed E-state index contributed by atoms with van der Waals surface area (Å²) in [5.74, 6) is 5.38. The highest BCUT2D eigenvalue weighted by Gasteiger charge is 2.15. The molecule has 0 aliphatic carbocycles. The first-order chi connectivity index (χ1) is 9.46. The zero-order valence-electron chi connectivity index (χ0n) is 10.7. The summed E-state index contributed by atoms with van der Waals surface area (Å²) in [4.78, 5) is 14.9. The van der Waals surface area contributed by atoms with E-state index < -0.39 is 16.3 Å². The van der Waals surface area contributed by atoms with Gasteiger partial charge >= 0.3 is 16.3 Å². The largest absolute Gasteiger partial charge is 0.449 e. The SMILES string of the molecule is CCOC(=O)NS(=O)(=O)Nc1cc(C#CCN)ccn1. The molecule has 1 aromatic rings. The number of nitrogens with one attached hydrogen (secondary N) is 2. The van der Waals surface area contributed by atoms with Gasteiger partial charge in [0.2, 0.25) is 0 Å². The molecule has 1 amide bonds. The highest BCUT2D eigenvalue weighted by Crippen LogP contribution is 2.07. The van der Waals surface area contributed by atoms with Gasteiger partial charge in [0.25, 0.3) is 0 Å². The number of amides is 1. The Hall–Kier alpha value is -2.31. The lowest BCUT2D eigenvalue weighted by Gasteiger charge is -2.08. The first-order valence-electron chi connectivity index (χ1n) is 5.59. The van der Waals surface area contributed by atoms with Crippen LogP contribution < -0.4 is 15.2 Å². The maximum absolute atomic E-state index is 11.6. The zero-order valence-corrected chi connectivity index (χ0v) is 11.5. The summed E-state index contributed by atoms with van der Waals surface area (Å²) in [6, 6.07) is 3.01. The Kier molecular flexibility index (Phi) is 5.76. The van der Waals surface area contributed by atoms with Gasteiger partial charge in [0, 0.05) is 11.8 Å². The topological polar surface area (TPSA) is 123 Å². The van der Waals surface area contributed by atoms with Gasteiger partial charge in [-0.25, -0.2) is 14.5 Å². The third kappa shape index (κ3) is 5.55. The number of aromatic nitrogens is 1. The maximum atomic E-state index is 11.6. The van der Waals surface area contributed by atoms with E-state index in [2.05, 4.69) is 26.3 Å². The number of ether oxygens (including phenoxy) is 1. The van der Waals surface area contributed by atoms with Crippen LogP contribution in [0.4, 0.5) is 10.6 Å². The van der Waals surface area contributed by atoms with Crippen molar-refractivity contribution in [1.82, 2.24) is 9.71 Å².